The summed E-state index contributed by atoms with van der Waals surface area (Å²) in [6.45, 7) is 6.78. The lowest BCUT2D eigenvalue weighted by atomic mass is 10.2. The van der Waals surface area contributed by atoms with Crippen LogP contribution in [0.15, 0.2) is 18.2 Å². The van der Waals surface area contributed by atoms with Gasteiger partial charge in [-0.3, -0.25) is 9.69 Å². The number of amides is 2. The Bertz CT molecular complexity index is 572. The van der Waals surface area contributed by atoms with E-state index in [1.54, 1.807) is 17.9 Å². The average Bonchev–Trinajstić information content (AvgIpc) is 2.53. The van der Waals surface area contributed by atoms with Crippen LogP contribution in [-0.4, -0.2) is 61.1 Å². The molecule has 0 spiro atoms. The lowest BCUT2D eigenvalue weighted by Crippen LogP contribution is -2.50. The van der Waals surface area contributed by atoms with E-state index in [4.69, 9.17) is 16.3 Å². The van der Waals surface area contributed by atoms with E-state index >= 15 is 0 Å². The van der Waals surface area contributed by atoms with Crippen molar-refractivity contribution in [1.82, 2.24) is 9.80 Å². The first-order valence-electron chi connectivity index (χ1n) is 7.70. The zero-order valence-corrected chi connectivity index (χ0v) is 14.2. The summed E-state index contributed by atoms with van der Waals surface area (Å²) in [4.78, 5) is 27.5. The van der Waals surface area contributed by atoms with Gasteiger partial charge in [0.15, 0.2) is 0 Å². The maximum atomic E-state index is 12.2. The van der Waals surface area contributed by atoms with Crippen molar-refractivity contribution in [2.24, 2.45) is 0 Å². The summed E-state index contributed by atoms with van der Waals surface area (Å²) in [7, 11) is 0. The second kappa shape index (κ2) is 8.17. The van der Waals surface area contributed by atoms with Gasteiger partial charge in [0.25, 0.3) is 0 Å². The van der Waals surface area contributed by atoms with Gasteiger partial charge in [0.05, 0.1) is 13.2 Å². The van der Waals surface area contributed by atoms with Gasteiger partial charge in [-0.25, -0.2) is 4.79 Å². The van der Waals surface area contributed by atoms with Crippen LogP contribution in [0.1, 0.15) is 12.5 Å². The number of rotatable bonds is 4. The predicted molar refractivity (Wildman–Crippen MR) is 89.9 cm³/mol. The summed E-state index contributed by atoms with van der Waals surface area (Å²) in [6, 6.07) is 5.43. The van der Waals surface area contributed by atoms with Crippen LogP contribution in [-0.2, 0) is 9.53 Å². The Morgan fingerprint density at radius 2 is 1.96 bits per heavy atom. The Morgan fingerprint density at radius 1 is 1.26 bits per heavy atom. The minimum absolute atomic E-state index is 0.0834. The fourth-order valence-electron chi connectivity index (χ4n) is 2.44. The minimum Gasteiger partial charge on any atom is -0.450 e. The zero-order valence-electron chi connectivity index (χ0n) is 13.5. The number of nitrogens with zero attached hydrogens (tertiary/aromatic N) is 2. The summed E-state index contributed by atoms with van der Waals surface area (Å²) in [6.07, 6.45) is -0.286. The SMILES string of the molecule is CCOC(=O)N1CCN(CC(=O)Nc2cccc(Cl)c2C)CC1. The van der Waals surface area contributed by atoms with Gasteiger partial charge in [0.2, 0.25) is 5.91 Å². The van der Waals surface area contributed by atoms with Crippen LogP contribution in [0, 0.1) is 6.92 Å². The van der Waals surface area contributed by atoms with Crippen molar-refractivity contribution in [3.8, 4) is 0 Å². The van der Waals surface area contributed by atoms with Crippen LogP contribution in [0.3, 0.4) is 0 Å². The smallest absolute Gasteiger partial charge is 0.409 e. The van der Waals surface area contributed by atoms with Crippen LogP contribution in [0.25, 0.3) is 0 Å². The van der Waals surface area contributed by atoms with Crippen molar-refractivity contribution >= 4 is 29.3 Å². The number of hydrogen-bond donors (Lipinski definition) is 1. The van der Waals surface area contributed by atoms with Crippen molar-refractivity contribution in [2.75, 3.05) is 44.6 Å². The van der Waals surface area contributed by atoms with Crippen LogP contribution < -0.4 is 5.32 Å². The van der Waals surface area contributed by atoms with E-state index in [0.717, 1.165) is 11.3 Å². The van der Waals surface area contributed by atoms with Gasteiger partial charge in [0, 0.05) is 36.9 Å². The average molecular weight is 340 g/mol. The molecule has 0 aliphatic carbocycles. The zero-order chi connectivity index (χ0) is 16.8. The standard InChI is InChI=1S/C16H22ClN3O3/c1-3-23-16(22)20-9-7-19(8-10-20)11-15(21)18-14-6-4-5-13(17)12(14)2/h4-6H,3,7-11H2,1-2H3,(H,18,21). The first-order valence-corrected chi connectivity index (χ1v) is 8.08. The van der Waals surface area contributed by atoms with E-state index in [0.29, 0.717) is 44.4 Å². The number of halogens is 1. The van der Waals surface area contributed by atoms with Gasteiger partial charge in [-0.15, -0.1) is 0 Å². The number of piperazine rings is 1. The normalized spacial score (nSPS) is 15.3. The van der Waals surface area contributed by atoms with E-state index in [9.17, 15) is 9.59 Å². The fourth-order valence-corrected chi connectivity index (χ4v) is 2.61. The second-order valence-corrected chi connectivity index (χ2v) is 5.83. The molecule has 0 radical (unpaired) electrons. The van der Waals surface area contributed by atoms with Crippen LogP contribution in [0.2, 0.25) is 5.02 Å². The third-order valence-corrected chi connectivity index (χ3v) is 4.22. The quantitative estimate of drug-likeness (QED) is 0.914. The largest absolute Gasteiger partial charge is 0.450 e. The Morgan fingerprint density at radius 3 is 2.61 bits per heavy atom. The molecule has 1 aromatic carbocycles. The highest BCUT2D eigenvalue weighted by atomic mass is 35.5. The predicted octanol–water partition coefficient (Wildman–Crippen LogP) is 2.36. The molecule has 1 heterocycles. The number of nitrogens with one attached hydrogen (secondary N) is 1. The number of anilines is 1. The van der Waals surface area contributed by atoms with Crippen LogP contribution >= 0.6 is 11.6 Å². The maximum absolute atomic E-state index is 12.2. The van der Waals surface area contributed by atoms with Gasteiger partial charge in [-0.05, 0) is 31.5 Å². The molecular weight excluding hydrogens is 318 g/mol. The number of ether oxygens (including phenoxy) is 1. The van der Waals surface area contributed by atoms with E-state index in [-0.39, 0.29) is 12.0 Å². The van der Waals surface area contributed by atoms with Crippen LogP contribution in [0.5, 0.6) is 0 Å². The molecule has 6 nitrogen and oxygen atoms in total. The summed E-state index contributed by atoms with van der Waals surface area (Å²) >= 11 is 6.05. The van der Waals surface area contributed by atoms with Crippen molar-refractivity contribution in [2.45, 2.75) is 13.8 Å². The molecule has 7 heteroatoms. The Kier molecular flexibility index (Phi) is 6.24. The highest BCUT2D eigenvalue weighted by molar-refractivity contribution is 6.31. The van der Waals surface area contributed by atoms with Crippen molar-refractivity contribution in [3.63, 3.8) is 0 Å². The van der Waals surface area contributed by atoms with Crippen molar-refractivity contribution in [3.05, 3.63) is 28.8 Å². The monoisotopic (exact) mass is 339 g/mol. The summed E-state index contributed by atoms with van der Waals surface area (Å²) in [5.74, 6) is -0.0834. The number of carbonyl (C=O) groups excluding carboxylic acids is 2. The molecule has 0 saturated carbocycles. The summed E-state index contributed by atoms with van der Waals surface area (Å²) in [5.41, 5.74) is 1.59. The molecule has 23 heavy (non-hydrogen) atoms. The second-order valence-electron chi connectivity index (χ2n) is 5.42. The first kappa shape index (κ1) is 17.6. The Hall–Kier alpha value is -1.79. The molecule has 0 bridgehead atoms. The molecule has 2 amide bonds. The maximum Gasteiger partial charge on any atom is 0.409 e. The summed E-state index contributed by atoms with van der Waals surface area (Å²) in [5, 5.41) is 3.51. The van der Waals surface area contributed by atoms with E-state index in [1.165, 1.54) is 0 Å². The lowest BCUT2D eigenvalue weighted by Gasteiger charge is -2.33. The molecule has 0 unspecified atom stereocenters. The van der Waals surface area contributed by atoms with Crippen LogP contribution in [0.4, 0.5) is 10.5 Å². The fraction of sp³-hybridized carbons (Fsp3) is 0.500. The van der Waals surface area contributed by atoms with Gasteiger partial charge in [-0.1, -0.05) is 17.7 Å². The topological polar surface area (TPSA) is 61.9 Å². The molecule has 1 aliphatic rings. The van der Waals surface area contributed by atoms with Crippen molar-refractivity contribution in [1.29, 1.82) is 0 Å². The molecule has 0 atom stereocenters. The molecular formula is C16H22ClN3O3. The van der Waals surface area contributed by atoms with Crippen molar-refractivity contribution < 1.29 is 14.3 Å². The van der Waals surface area contributed by atoms with Gasteiger partial charge in [-0.2, -0.15) is 0 Å². The first-order chi connectivity index (χ1) is 11.0. The summed E-state index contributed by atoms with van der Waals surface area (Å²) < 4.78 is 4.98. The minimum atomic E-state index is -0.286. The molecule has 2 rings (SSSR count). The van der Waals surface area contributed by atoms with Gasteiger partial charge < -0.3 is 15.0 Å². The van der Waals surface area contributed by atoms with Gasteiger partial charge in [0.1, 0.15) is 0 Å². The molecule has 1 fully saturated rings. The van der Waals surface area contributed by atoms with E-state index < -0.39 is 0 Å². The highest BCUT2D eigenvalue weighted by Crippen LogP contribution is 2.22. The van der Waals surface area contributed by atoms with E-state index in [2.05, 4.69) is 5.32 Å². The molecule has 1 saturated heterocycles. The number of carbonyl (C=O) groups is 2. The third-order valence-electron chi connectivity index (χ3n) is 3.81. The van der Waals surface area contributed by atoms with Gasteiger partial charge >= 0.3 is 6.09 Å². The molecule has 1 aliphatic heterocycles. The highest BCUT2D eigenvalue weighted by Gasteiger charge is 2.23. The molecule has 1 aromatic rings. The Balaban J connectivity index is 1.81. The number of hydrogen-bond acceptors (Lipinski definition) is 4. The molecule has 126 valence electrons. The lowest BCUT2D eigenvalue weighted by molar-refractivity contribution is -0.117. The molecule has 0 aromatic heterocycles. The third kappa shape index (κ3) is 4.84. The Labute approximate surface area is 141 Å². The van der Waals surface area contributed by atoms with E-state index in [1.807, 2.05) is 24.0 Å². The number of benzene rings is 1. The molecule has 1 N–H and O–H groups in total.